The van der Waals surface area contributed by atoms with Crippen LogP contribution in [0.5, 0.6) is 0 Å². The van der Waals surface area contributed by atoms with Gasteiger partial charge in [-0.1, -0.05) is 25.4 Å². The van der Waals surface area contributed by atoms with Crippen molar-refractivity contribution in [3.63, 3.8) is 0 Å². The Morgan fingerprint density at radius 1 is 1.47 bits per heavy atom. The molecule has 1 N–H and O–H groups in total. The zero-order valence-electron chi connectivity index (χ0n) is 8.85. The van der Waals surface area contributed by atoms with Crippen LogP contribution in [0, 0.1) is 11.2 Å². The van der Waals surface area contributed by atoms with Crippen molar-refractivity contribution in [2.45, 2.75) is 25.7 Å². The van der Waals surface area contributed by atoms with E-state index in [1.54, 1.807) is 6.07 Å². The van der Waals surface area contributed by atoms with Crippen molar-refractivity contribution < 1.29 is 9.50 Å². The van der Waals surface area contributed by atoms with Crippen LogP contribution in [0.15, 0.2) is 18.2 Å². The van der Waals surface area contributed by atoms with Gasteiger partial charge in [-0.2, -0.15) is 0 Å². The van der Waals surface area contributed by atoms with Crippen molar-refractivity contribution in [3.8, 4) is 0 Å². The highest BCUT2D eigenvalue weighted by atomic mass is 35.5. The van der Waals surface area contributed by atoms with Gasteiger partial charge in [-0.25, -0.2) is 4.39 Å². The highest BCUT2D eigenvalue weighted by molar-refractivity contribution is 6.30. The van der Waals surface area contributed by atoms with E-state index in [1.807, 2.05) is 13.8 Å². The van der Waals surface area contributed by atoms with Crippen LogP contribution >= 0.6 is 11.6 Å². The van der Waals surface area contributed by atoms with Crippen molar-refractivity contribution in [2.24, 2.45) is 5.41 Å². The third-order valence-corrected chi connectivity index (χ3v) is 3.86. The van der Waals surface area contributed by atoms with Crippen LogP contribution in [0.1, 0.15) is 25.8 Å². The Labute approximate surface area is 93.9 Å². The molecule has 0 aliphatic heterocycles. The van der Waals surface area contributed by atoms with E-state index in [4.69, 9.17) is 11.6 Å². The molecule has 1 fully saturated rings. The van der Waals surface area contributed by atoms with Gasteiger partial charge in [0.25, 0.3) is 0 Å². The standard InChI is InChI=1S/C12H14ClFO/c1-11(2)6-12(11,7-15)9-5-8(13)3-4-10(9)14/h3-5,15H,6-7H2,1-2H3. The molecule has 82 valence electrons. The fraction of sp³-hybridized carbons (Fsp3) is 0.500. The minimum Gasteiger partial charge on any atom is -0.395 e. The topological polar surface area (TPSA) is 20.2 Å². The lowest BCUT2D eigenvalue weighted by molar-refractivity contribution is 0.228. The quantitative estimate of drug-likeness (QED) is 0.825. The summed E-state index contributed by atoms with van der Waals surface area (Å²) in [6.45, 7) is 4.03. The van der Waals surface area contributed by atoms with Gasteiger partial charge >= 0.3 is 0 Å². The molecule has 0 aromatic heterocycles. The summed E-state index contributed by atoms with van der Waals surface area (Å²) in [7, 11) is 0. The molecule has 1 nitrogen and oxygen atoms in total. The van der Waals surface area contributed by atoms with E-state index in [1.165, 1.54) is 12.1 Å². The van der Waals surface area contributed by atoms with Crippen molar-refractivity contribution >= 4 is 11.6 Å². The lowest BCUT2D eigenvalue weighted by Gasteiger charge is -2.19. The second-order valence-electron chi connectivity index (χ2n) is 4.93. The Kier molecular flexibility index (Phi) is 2.32. The fourth-order valence-electron chi connectivity index (χ4n) is 2.39. The molecule has 1 aliphatic carbocycles. The molecule has 1 aromatic rings. The second-order valence-corrected chi connectivity index (χ2v) is 5.36. The minimum absolute atomic E-state index is 0.0305. The van der Waals surface area contributed by atoms with Crippen molar-refractivity contribution in [1.29, 1.82) is 0 Å². The van der Waals surface area contributed by atoms with E-state index >= 15 is 0 Å². The Morgan fingerprint density at radius 2 is 2.07 bits per heavy atom. The maximum Gasteiger partial charge on any atom is 0.127 e. The number of rotatable bonds is 2. The van der Waals surface area contributed by atoms with Crippen LogP contribution in [0.4, 0.5) is 4.39 Å². The summed E-state index contributed by atoms with van der Waals surface area (Å²) in [6, 6.07) is 4.52. The van der Waals surface area contributed by atoms with Crippen molar-refractivity contribution in [2.75, 3.05) is 6.61 Å². The molecule has 0 radical (unpaired) electrons. The molecular formula is C12H14ClFO. The predicted octanol–water partition coefficient (Wildman–Crippen LogP) is 3.14. The summed E-state index contributed by atoms with van der Waals surface area (Å²) in [4.78, 5) is 0. The van der Waals surface area contributed by atoms with Gasteiger partial charge in [0.1, 0.15) is 5.82 Å². The summed E-state index contributed by atoms with van der Waals surface area (Å²) < 4.78 is 13.7. The molecule has 1 saturated carbocycles. The van der Waals surface area contributed by atoms with Gasteiger partial charge in [0, 0.05) is 10.4 Å². The third-order valence-electron chi connectivity index (χ3n) is 3.63. The van der Waals surface area contributed by atoms with Gasteiger partial charge in [-0.15, -0.1) is 0 Å². The molecule has 0 bridgehead atoms. The van der Waals surface area contributed by atoms with E-state index in [0.717, 1.165) is 6.42 Å². The van der Waals surface area contributed by atoms with Crippen LogP contribution in [0.2, 0.25) is 5.02 Å². The van der Waals surface area contributed by atoms with Crippen molar-refractivity contribution in [3.05, 3.63) is 34.6 Å². The first-order valence-electron chi connectivity index (χ1n) is 4.99. The maximum absolute atomic E-state index is 13.7. The first-order valence-corrected chi connectivity index (χ1v) is 5.37. The lowest BCUT2D eigenvalue weighted by Crippen LogP contribution is -2.20. The van der Waals surface area contributed by atoms with E-state index in [0.29, 0.717) is 10.6 Å². The van der Waals surface area contributed by atoms with Gasteiger partial charge in [0.15, 0.2) is 0 Å². The summed E-state index contributed by atoms with van der Waals surface area (Å²) in [6.07, 6.45) is 0.799. The highest BCUT2D eigenvalue weighted by Gasteiger charge is 2.62. The number of benzene rings is 1. The molecule has 1 atom stereocenters. The van der Waals surface area contributed by atoms with Gasteiger partial charge in [0.05, 0.1) is 6.61 Å². The fourth-order valence-corrected chi connectivity index (χ4v) is 2.56. The average molecular weight is 229 g/mol. The van der Waals surface area contributed by atoms with E-state index in [9.17, 15) is 9.50 Å². The van der Waals surface area contributed by atoms with E-state index in [2.05, 4.69) is 0 Å². The summed E-state index contributed by atoms with van der Waals surface area (Å²) in [5.41, 5.74) is 0.0532. The lowest BCUT2D eigenvalue weighted by atomic mass is 9.88. The molecule has 3 heteroatoms. The molecule has 1 unspecified atom stereocenters. The Morgan fingerprint density at radius 3 is 2.53 bits per heavy atom. The summed E-state index contributed by atoms with van der Waals surface area (Å²) in [5, 5.41) is 9.97. The van der Waals surface area contributed by atoms with Gasteiger partial charge in [0.2, 0.25) is 0 Å². The monoisotopic (exact) mass is 228 g/mol. The Bertz CT molecular complexity index is 403. The van der Waals surface area contributed by atoms with Crippen LogP contribution < -0.4 is 0 Å². The summed E-state index contributed by atoms with van der Waals surface area (Å²) in [5.74, 6) is -0.279. The molecule has 2 rings (SSSR count). The average Bonchev–Trinajstić information content (AvgIpc) is 2.74. The molecule has 15 heavy (non-hydrogen) atoms. The molecular weight excluding hydrogens is 215 g/mol. The number of hydrogen-bond donors (Lipinski definition) is 1. The Balaban J connectivity index is 2.50. The third kappa shape index (κ3) is 1.47. The highest BCUT2D eigenvalue weighted by Crippen LogP contribution is 2.64. The van der Waals surface area contributed by atoms with Crippen LogP contribution in [-0.4, -0.2) is 11.7 Å². The second kappa shape index (κ2) is 3.19. The maximum atomic E-state index is 13.7. The smallest absolute Gasteiger partial charge is 0.127 e. The van der Waals surface area contributed by atoms with E-state index in [-0.39, 0.29) is 17.8 Å². The van der Waals surface area contributed by atoms with E-state index < -0.39 is 5.41 Å². The number of halogens is 2. The molecule has 0 spiro atoms. The zero-order chi connectivity index (χ0) is 11.3. The molecule has 0 saturated heterocycles. The summed E-state index contributed by atoms with van der Waals surface area (Å²) >= 11 is 5.85. The van der Waals surface area contributed by atoms with Crippen LogP contribution in [0.25, 0.3) is 0 Å². The normalized spacial score (nSPS) is 27.8. The van der Waals surface area contributed by atoms with Gasteiger partial charge in [-0.3, -0.25) is 0 Å². The van der Waals surface area contributed by atoms with Crippen LogP contribution in [0.3, 0.4) is 0 Å². The van der Waals surface area contributed by atoms with Crippen LogP contribution in [-0.2, 0) is 5.41 Å². The minimum atomic E-state index is -0.442. The van der Waals surface area contributed by atoms with Gasteiger partial charge < -0.3 is 5.11 Å². The largest absolute Gasteiger partial charge is 0.395 e. The first kappa shape index (κ1) is 10.9. The first-order chi connectivity index (χ1) is 6.93. The SMILES string of the molecule is CC1(C)CC1(CO)c1cc(Cl)ccc1F. The number of hydrogen-bond acceptors (Lipinski definition) is 1. The molecule has 1 aromatic carbocycles. The molecule has 0 amide bonds. The molecule has 0 heterocycles. The number of aliphatic hydroxyl groups is 1. The number of aliphatic hydroxyl groups excluding tert-OH is 1. The Hall–Kier alpha value is -0.600. The van der Waals surface area contributed by atoms with Crippen molar-refractivity contribution in [1.82, 2.24) is 0 Å². The van der Waals surface area contributed by atoms with Gasteiger partial charge in [-0.05, 0) is 35.6 Å². The predicted molar refractivity (Wildman–Crippen MR) is 58.6 cm³/mol. The molecule has 1 aliphatic rings. The zero-order valence-corrected chi connectivity index (χ0v) is 9.61.